The number of anilines is 1. The van der Waals surface area contributed by atoms with E-state index in [2.05, 4.69) is 33.4 Å². The van der Waals surface area contributed by atoms with E-state index in [4.69, 9.17) is 9.84 Å². The van der Waals surface area contributed by atoms with Gasteiger partial charge in [-0.25, -0.2) is 9.50 Å². The van der Waals surface area contributed by atoms with E-state index in [-0.39, 0.29) is 12.5 Å². The summed E-state index contributed by atoms with van der Waals surface area (Å²) < 4.78 is 7.32. The van der Waals surface area contributed by atoms with Crippen molar-refractivity contribution >= 4 is 17.2 Å². The average Bonchev–Trinajstić information content (AvgIpc) is 3.19. The number of aliphatic hydroxyl groups excluding tert-OH is 1. The van der Waals surface area contributed by atoms with Crippen LogP contribution in [0.3, 0.4) is 0 Å². The van der Waals surface area contributed by atoms with Gasteiger partial charge in [-0.05, 0) is 25.1 Å². The molecule has 1 amide bonds. The van der Waals surface area contributed by atoms with Gasteiger partial charge in [0.05, 0.1) is 30.1 Å². The second-order valence-corrected chi connectivity index (χ2v) is 6.87. The van der Waals surface area contributed by atoms with Crippen molar-refractivity contribution in [3.63, 3.8) is 0 Å². The molecule has 0 bridgehead atoms. The van der Waals surface area contributed by atoms with Gasteiger partial charge in [-0.15, -0.1) is 0 Å². The first kappa shape index (κ1) is 21.8. The van der Waals surface area contributed by atoms with Crippen LogP contribution in [0, 0.1) is 11.3 Å². The summed E-state index contributed by atoms with van der Waals surface area (Å²) in [5.74, 6) is 1.07. The number of rotatable bonds is 10. The van der Waals surface area contributed by atoms with Gasteiger partial charge in [0.15, 0.2) is 0 Å². The molecule has 0 aliphatic heterocycles. The molecule has 0 fully saturated rings. The molecule has 0 spiro atoms. The first-order chi connectivity index (χ1) is 15.0. The molecule has 3 aromatic heterocycles. The van der Waals surface area contributed by atoms with Crippen molar-refractivity contribution in [3.05, 3.63) is 54.5 Å². The number of nitriles is 1. The highest BCUT2D eigenvalue weighted by Gasteiger charge is 2.14. The molecule has 3 heterocycles. The molecular weight excluding hydrogens is 396 g/mol. The van der Waals surface area contributed by atoms with Gasteiger partial charge in [-0.2, -0.15) is 10.4 Å². The van der Waals surface area contributed by atoms with Crippen LogP contribution in [0.4, 0.5) is 5.82 Å². The summed E-state index contributed by atoms with van der Waals surface area (Å²) in [6.45, 7) is 6.64. The number of nitrogens with zero attached hydrogens (tertiary/aromatic N) is 4. The van der Waals surface area contributed by atoms with Crippen LogP contribution in [-0.2, 0) is 4.79 Å². The average molecular weight is 420 g/mol. The van der Waals surface area contributed by atoms with Crippen molar-refractivity contribution < 1.29 is 14.6 Å². The van der Waals surface area contributed by atoms with Crippen LogP contribution < -0.4 is 15.4 Å². The van der Waals surface area contributed by atoms with Gasteiger partial charge < -0.3 is 20.5 Å². The zero-order chi connectivity index (χ0) is 22.2. The summed E-state index contributed by atoms with van der Waals surface area (Å²) in [4.78, 5) is 15.9. The number of amides is 1. The van der Waals surface area contributed by atoms with Crippen molar-refractivity contribution in [1.29, 1.82) is 5.26 Å². The Morgan fingerprint density at radius 3 is 2.87 bits per heavy atom. The van der Waals surface area contributed by atoms with Crippen LogP contribution in [0.5, 0.6) is 5.75 Å². The van der Waals surface area contributed by atoms with Gasteiger partial charge in [0, 0.05) is 49.0 Å². The molecule has 0 aliphatic rings. The maximum atomic E-state index is 11.5. The highest BCUT2D eigenvalue weighted by atomic mass is 16.5. The lowest BCUT2D eigenvalue weighted by molar-refractivity contribution is -0.117. The number of hydrogen-bond donors (Lipinski definition) is 3. The van der Waals surface area contributed by atoms with Gasteiger partial charge >= 0.3 is 0 Å². The smallest absolute Gasteiger partial charge is 0.246 e. The molecule has 9 nitrogen and oxygen atoms in total. The lowest BCUT2D eigenvalue weighted by Gasteiger charge is -2.11. The Labute approximate surface area is 180 Å². The van der Waals surface area contributed by atoms with E-state index in [1.165, 1.54) is 6.20 Å². The third kappa shape index (κ3) is 5.38. The Morgan fingerprint density at radius 2 is 2.19 bits per heavy atom. The lowest BCUT2D eigenvalue weighted by Crippen LogP contribution is -2.29. The number of nitrogens with one attached hydrogen (secondary N) is 2. The van der Waals surface area contributed by atoms with Gasteiger partial charge in [0.25, 0.3) is 0 Å². The van der Waals surface area contributed by atoms with Crippen molar-refractivity contribution in [2.45, 2.75) is 13.3 Å². The van der Waals surface area contributed by atoms with Crippen LogP contribution in [0.15, 0.2) is 48.9 Å². The van der Waals surface area contributed by atoms with Crippen molar-refractivity contribution in [3.8, 4) is 22.9 Å². The molecule has 0 saturated heterocycles. The normalized spacial score (nSPS) is 10.5. The van der Waals surface area contributed by atoms with Crippen LogP contribution in [0.25, 0.3) is 16.6 Å². The third-order valence-corrected chi connectivity index (χ3v) is 4.46. The molecular formula is C22H24N6O3. The van der Waals surface area contributed by atoms with E-state index in [9.17, 15) is 10.1 Å². The first-order valence-electron chi connectivity index (χ1n) is 9.82. The Hall–Kier alpha value is -3.90. The zero-order valence-electron chi connectivity index (χ0n) is 17.3. The van der Waals surface area contributed by atoms with E-state index in [1.807, 2.05) is 18.2 Å². The predicted octanol–water partition coefficient (Wildman–Crippen LogP) is 2.13. The molecule has 31 heavy (non-hydrogen) atoms. The summed E-state index contributed by atoms with van der Waals surface area (Å²) in [5, 5.41) is 28.6. The van der Waals surface area contributed by atoms with Crippen molar-refractivity contribution in [2.75, 3.05) is 31.6 Å². The first-order valence-corrected chi connectivity index (χ1v) is 9.82. The number of carbonyl (C=O) groups is 1. The van der Waals surface area contributed by atoms with E-state index in [0.717, 1.165) is 11.1 Å². The van der Waals surface area contributed by atoms with E-state index < -0.39 is 0 Å². The van der Waals surface area contributed by atoms with Gasteiger partial charge in [0.2, 0.25) is 5.91 Å². The summed E-state index contributed by atoms with van der Waals surface area (Å²) in [6, 6.07) is 7.72. The molecule has 160 valence electrons. The fourth-order valence-corrected chi connectivity index (χ4v) is 2.91. The largest absolute Gasteiger partial charge is 0.492 e. The maximum absolute atomic E-state index is 11.5. The number of fused-ring (bicyclic) bond motifs is 1. The lowest BCUT2D eigenvalue weighted by atomic mass is 10.1. The SMILES string of the molecule is C=C(C)C(=O)NCCNc1ccc(-c2cc(OCCCO)cn3ncc(C#N)c23)cn1. The molecule has 0 atom stereocenters. The number of pyridine rings is 2. The molecule has 0 radical (unpaired) electrons. The molecule has 3 rings (SSSR count). The fraction of sp³-hybridized carbons (Fsp3) is 0.273. The van der Waals surface area contributed by atoms with Crippen LogP contribution in [0.2, 0.25) is 0 Å². The molecule has 0 aromatic carbocycles. The fourth-order valence-electron chi connectivity index (χ4n) is 2.91. The Bertz CT molecular complexity index is 1110. The summed E-state index contributed by atoms with van der Waals surface area (Å²) >= 11 is 0. The van der Waals surface area contributed by atoms with Crippen LogP contribution >= 0.6 is 0 Å². The Morgan fingerprint density at radius 1 is 1.35 bits per heavy atom. The topological polar surface area (TPSA) is 125 Å². The monoisotopic (exact) mass is 420 g/mol. The van der Waals surface area contributed by atoms with Crippen LogP contribution in [-0.4, -0.2) is 51.9 Å². The van der Waals surface area contributed by atoms with Gasteiger partial charge in [-0.1, -0.05) is 6.58 Å². The minimum atomic E-state index is -0.177. The standard InChI is InChI=1S/C22H24N6O3/c1-15(2)22(30)25-7-6-24-20-5-4-16(12-26-20)19-10-18(31-9-3-8-29)14-28-21(19)17(11-23)13-27-28/h4-5,10,12-14,29H,1,3,6-9H2,2H3,(H,24,26)(H,25,30). The number of hydrogen-bond acceptors (Lipinski definition) is 7. The molecule has 0 unspecified atom stereocenters. The second-order valence-electron chi connectivity index (χ2n) is 6.87. The quantitative estimate of drug-likeness (QED) is 0.339. The van der Waals surface area contributed by atoms with Crippen LogP contribution in [0.1, 0.15) is 18.9 Å². The maximum Gasteiger partial charge on any atom is 0.246 e. The molecule has 0 saturated carbocycles. The number of ether oxygens (including phenoxy) is 1. The third-order valence-electron chi connectivity index (χ3n) is 4.46. The minimum Gasteiger partial charge on any atom is -0.492 e. The van der Waals surface area contributed by atoms with E-state index in [1.54, 1.807) is 23.8 Å². The summed E-state index contributed by atoms with van der Waals surface area (Å²) in [7, 11) is 0. The molecule has 3 aromatic rings. The molecule has 0 aliphatic carbocycles. The van der Waals surface area contributed by atoms with E-state index >= 15 is 0 Å². The Kier molecular flexibility index (Phi) is 7.19. The van der Waals surface area contributed by atoms with E-state index in [0.29, 0.717) is 54.3 Å². The molecule has 9 heteroatoms. The highest BCUT2D eigenvalue weighted by molar-refractivity contribution is 5.92. The number of aliphatic hydroxyl groups is 1. The van der Waals surface area contributed by atoms with Crippen molar-refractivity contribution in [2.24, 2.45) is 0 Å². The number of aromatic nitrogens is 3. The number of carbonyl (C=O) groups excluding carboxylic acids is 1. The summed E-state index contributed by atoms with van der Waals surface area (Å²) in [5.41, 5.74) is 3.15. The van der Waals surface area contributed by atoms with Crippen molar-refractivity contribution in [1.82, 2.24) is 19.9 Å². The second kappa shape index (κ2) is 10.2. The summed E-state index contributed by atoms with van der Waals surface area (Å²) in [6.07, 6.45) is 5.44. The Balaban J connectivity index is 1.78. The zero-order valence-corrected chi connectivity index (χ0v) is 17.3. The predicted molar refractivity (Wildman–Crippen MR) is 117 cm³/mol. The van der Waals surface area contributed by atoms with Gasteiger partial charge in [-0.3, -0.25) is 4.79 Å². The molecule has 3 N–H and O–H groups in total. The highest BCUT2D eigenvalue weighted by Crippen LogP contribution is 2.31. The minimum absolute atomic E-state index is 0.0463. The van der Waals surface area contributed by atoms with Gasteiger partial charge in [0.1, 0.15) is 17.6 Å².